The number of amides is 2. The fraction of sp³-hybridized carbons (Fsp3) is 0.412. The average molecular weight is 350 g/mol. The molecule has 8 heteroatoms. The Hall–Kier alpha value is -2.90. The van der Waals surface area contributed by atoms with Crippen molar-refractivity contribution in [3.8, 4) is 0 Å². The maximum absolute atomic E-state index is 12.4. The zero-order chi connectivity index (χ0) is 19.1. The second-order valence-corrected chi connectivity index (χ2v) is 5.69. The van der Waals surface area contributed by atoms with E-state index in [0.29, 0.717) is 0 Å². The van der Waals surface area contributed by atoms with E-state index in [1.54, 1.807) is 13.8 Å². The summed E-state index contributed by atoms with van der Waals surface area (Å²) in [6.45, 7) is 4.88. The van der Waals surface area contributed by atoms with E-state index in [2.05, 4.69) is 20.1 Å². The summed E-state index contributed by atoms with van der Waals surface area (Å²) in [5.74, 6) is -2.30. The van der Waals surface area contributed by atoms with Crippen LogP contribution in [-0.2, 0) is 19.1 Å². The number of hydrogen-bond donors (Lipinski definition) is 2. The highest BCUT2D eigenvalue weighted by Crippen LogP contribution is 2.18. The zero-order valence-electron chi connectivity index (χ0n) is 14.8. The van der Waals surface area contributed by atoms with E-state index in [0.717, 1.165) is 0 Å². The summed E-state index contributed by atoms with van der Waals surface area (Å²) in [5.41, 5.74) is 0.381. The third kappa shape index (κ3) is 5.59. The smallest absolute Gasteiger partial charge is 0.337 e. The Morgan fingerprint density at radius 2 is 1.40 bits per heavy atom. The first-order valence-electron chi connectivity index (χ1n) is 7.59. The van der Waals surface area contributed by atoms with Crippen LogP contribution >= 0.6 is 0 Å². The molecule has 0 saturated carbocycles. The molecule has 0 saturated heterocycles. The number of hydrogen-bond acceptors (Lipinski definition) is 6. The SMILES string of the molecule is COC(=O)c1cc(NC(=O)[C@H](NC(C)=O)C(C)C)cc(C(=O)OC)c1. The minimum absolute atomic E-state index is 0.0846. The standard InChI is InChI=1S/C17H22N2O6/c1-9(2)14(18-10(3)20)15(21)19-13-7-11(16(22)24-4)6-12(8-13)17(23)25-5/h6-9,14H,1-5H3,(H,18,20)(H,19,21)/t14-/m1/s1. The Morgan fingerprint density at radius 3 is 1.76 bits per heavy atom. The Labute approximate surface area is 145 Å². The number of methoxy groups -OCH3 is 2. The normalized spacial score (nSPS) is 11.4. The quantitative estimate of drug-likeness (QED) is 0.750. The van der Waals surface area contributed by atoms with Gasteiger partial charge in [-0.15, -0.1) is 0 Å². The molecule has 0 bridgehead atoms. The maximum Gasteiger partial charge on any atom is 0.337 e. The van der Waals surface area contributed by atoms with Gasteiger partial charge in [-0.25, -0.2) is 9.59 Å². The van der Waals surface area contributed by atoms with Gasteiger partial charge >= 0.3 is 11.9 Å². The highest BCUT2D eigenvalue weighted by molar-refractivity contribution is 6.01. The van der Waals surface area contributed by atoms with Crippen LogP contribution < -0.4 is 10.6 Å². The predicted molar refractivity (Wildman–Crippen MR) is 90.2 cm³/mol. The predicted octanol–water partition coefficient (Wildman–Crippen LogP) is 1.36. The Bertz CT molecular complexity index is 649. The summed E-state index contributed by atoms with van der Waals surface area (Å²) in [6, 6.07) is 3.30. The number of nitrogens with one attached hydrogen (secondary N) is 2. The summed E-state index contributed by atoms with van der Waals surface area (Å²) < 4.78 is 9.28. The van der Waals surface area contributed by atoms with Gasteiger partial charge in [0.15, 0.2) is 0 Å². The van der Waals surface area contributed by atoms with Crippen molar-refractivity contribution >= 4 is 29.4 Å². The Morgan fingerprint density at radius 1 is 0.920 bits per heavy atom. The van der Waals surface area contributed by atoms with E-state index >= 15 is 0 Å². The van der Waals surface area contributed by atoms with Gasteiger partial charge in [0.25, 0.3) is 0 Å². The summed E-state index contributed by atoms with van der Waals surface area (Å²) in [5, 5.41) is 5.16. The number of esters is 2. The molecular formula is C17H22N2O6. The van der Waals surface area contributed by atoms with Crippen molar-refractivity contribution in [3.05, 3.63) is 29.3 Å². The van der Waals surface area contributed by atoms with E-state index in [4.69, 9.17) is 0 Å². The number of anilines is 1. The molecule has 1 atom stereocenters. The summed E-state index contributed by atoms with van der Waals surface area (Å²) >= 11 is 0. The van der Waals surface area contributed by atoms with Crippen LogP contribution in [0, 0.1) is 5.92 Å². The van der Waals surface area contributed by atoms with E-state index in [9.17, 15) is 19.2 Å². The van der Waals surface area contributed by atoms with Gasteiger partial charge in [0, 0.05) is 12.6 Å². The molecule has 0 spiro atoms. The summed E-state index contributed by atoms with van der Waals surface area (Å²) in [4.78, 5) is 47.2. The Kier molecular flexibility index (Phi) is 7.10. The monoisotopic (exact) mass is 350 g/mol. The molecule has 25 heavy (non-hydrogen) atoms. The number of benzene rings is 1. The molecule has 1 aromatic carbocycles. The van der Waals surface area contributed by atoms with Gasteiger partial charge in [-0.05, 0) is 24.1 Å². The van der Waals surface area contributed by atoms with Crippen LogP contribution in [0.15, 0.2) is 18.2 Å². The maximum atomic E-state index is 12.4. The molecule has 8 nitrogen and oxygen atoms in total. The van der Waals surface area contributed by atoms with Gasteiger partial charge < -0.3 is 20.1 Å². The van der Waals surface area contributed by atoms with Crippen molar-refractivity contribution in [2.45, 2.75) is 26.8 Å². The lowest BCUT2D eigenvalue weighted by atomic mass is 10.0. The Balaban J connectivity index is 3.18. The topological polar surface area (TPSA) is 111 Å². The van der Waals surface area contributed by atoms with Crippen LogP contribution in [0.4, 0.5) is 5.69 Å². The third-order valence-corrected chi connectivity index (χ3v) is 3.35. The van der Waals surface area contributed by atoms with Crippen molar-refractivity contribution in [1.29, 1.82) is 0 Å². The first-order valence-corrected chi connectivity index (χ1v) is 7.59. The second-order valence-electron chi connectivity index (χ2n) is 5.69. The lowest BCUT2D eigenvalue weighted by Gasteiger charge is -2.21. The molecule has 136 valence electrons. The molecule has 0 aliphatic carbocycles. The molecule has 0 aliphatic rings. The lowest BCUT2D eigenvalue weighted by Crippen LogP contribution is -2.46. The summed E-state index contributed by atoms with van der Waals surface area (Å²) in [6.07, 6.45) is 0. The minimum atomic E-state index is -0.763. The molecule has 0 unspecified atom stereocenters. The van der Waals surface area contributed by atoms with Crippen molar-refractivity contribution in [1.82, 2.24) is 5.32 Å². The van der Waals surface area contributed by atoms with Crippen LogP contribution in [0.25, 0.3) is 0 Å². The molecule has 0 heterocycles. The molecule has 0 aliphatic heterocycles. The van der Waals surface area contributed by atoms with Crippen LogP contribution in [0.5, 0.6) is 0 Å². The number of rotatable bonds is 6. The molecule has 1 rings (SSSR count). The third-order valence-electron chi connectivity index (χ3n) is 3.35. The first-order chi connectivity index (χ1) is 11.7. The van der Waals surface area contributed by atoms with Crippen LogP contribution in [0.2, 0.25) is 0 Å². The van der Waals surface area contributed by atoms with Crippen molar-refractivity contribution in [2.75, 3.05) is 19.5 Å². The van der Waals surface area contributed by atoms with E-state index < -0.39 is 23.9 Å². The van der Waals surface area contributed by atoms with Crippen molar-refractivity contribution in [3.63, 3.8) is 0 Å². The van der Waals surface area contributed by atoms with Crippen LogP contribution in [0.1, 0.15) is 41.5 Å². The molecule has 0 aromatic heterocycles. The largest absolute Gasteiger partial charge is 0.465 e. The van der Waals surface area contributed by atoms with Crippen molar-refractivity contribution < 1.29 is 28.7 Å². The lowest BCUT2D eigenvalue weighted by molar-refractivity contribution is -0.126. The first kappa shape index (κ1) is 20.1. The second kappa shape index (κ2) is 8.81. The fourth-order valence-corrected chi connectivity index (χ4v) is 2.15. The molecular weight excluding hydrogens is 328 g/mol. The van der Waals surface area contributed by atoms with Gasteiger partial charge in [-0.2, -0.15) is 0 Å². The van der Waals surface area contributed by atoms with Gasteiger partial charge in [-0.3, -0.25) is 9.59 Å². The molecule has 1 aromatic rings. The van der Waals surface area contributed by atoms with Crippen molar-refractivity contribution in [2.24, 2.45) is 5.92 Å². The highest BCUT2D eigenvalue weighted by atomic mass is 16.5. The van der Waals surface area contributed by atoms with E-state index in [1.165, 1.54) is 39.3 Å². The molecule has 0 fully saturated rings. The fourth-order valence-electron chi connectivity index (χ4n) is 2.15. The van der Waals surface area contributed by atoms with E-state index in [1.807, 2.05) is 0 Å². The van der Waals surface area contributed by atoms with Crippen LogP contribution in [-0.4, -0.2) is 44.0 Å². The van der Waals surface area contributed by atoms with Crippen LogP contribution in [0.3, 0.4) is 0 Å². The minimum Gasteiger partial charge on any atom is -0.465 e. The summed E-state index contributed by atoms with van der Waals surface area (Å²) in [7, 11) is 2.41. The number of ether oxygens (including phenoxy) is 2. The zero-order valence-corrected chi connectivity index (χ0v) is 14.8. The number of carbonyl (C=O) groups excluding carboxylic acids is 4. The van der Waals surface area contributed by atoms with Gasteiger partial charge in [0.2, 0.25) is 11.8 Å². The highest BCUT2D eigenvalue weighted by Gasteiger charge is 2.24. The average Bonchev–Trinajstić information content (AvgIpc) is 2.57. The van der Waals surface area contributed by atoms with Gasteiger partial charge in [-0.1, -0.05) is 13.8 Å². The molecule has 2 N–H and O–H groups in total. The van der Waals surface area contributed by atoms with Gasteiger partial charge in [0.1, 0.15) is 6.04 Å². The van der Waals surface area contributed by atoms with E-state index in [-0.39, 0.29) is 28.6 Å². The molecule has 2 amide bonds. The molecule has 0 radical (unpaired) electrons. The van der Waals surface area contributed by atoms with Gasteiger partial charge in [0.05, 0.1) is 25.3 Å². The number of carbonyl (C=O) groups is 4.